The average Bonchev–Trinajstić information content (AvgIpc) is 3.47. The monoisotopic (exact) mass is 701 g/mol. The van der Waals surface area contributed by atoms with Crippen LogP contribution in [0.5, 0.6) is 6.01 Å². The average molecular weight is 702 g/mol. The van der Waals surface area contributed by atoms with E-state index in [4.69, 9.17) is 15.5 Å². The lowest BCUT2D eigenvalue weighted by molar-refractivity contribution is -0.137. The molecule has 15 heteroatoms. The van der Waals surface area contributed by atoms with E-state index in [1.165, 1.54) is 0 Å². The maximum atomic E-state index is 17.1. The molecule has 49 heavy (non-hydrogen) atoms. The van der Waals surface area contributed by atoms with Gasteiger partial charge in [0.1, 0.15) is 23.8 Å². The summed E-state index contributed by atoms with van der Waals surface area (Å²) in [6.45, 7) is 2.35. The minimum Gasteiger partial charge on any atom is -0.461 e. The van der Waals surface area contributed by atoms with Crippen molar-refractivity contribution in [2.75, 3.05) is 43.4 Å². The van der Waals surface area contributed by atoms with Gasteiger partial charge >= 0.3 is 12.2 Å². The molecule has 4 aromatic rings. The Labute approximate surface area is 281 Å². The third-order valence-electron chi connectivity index (χ3n) is 11.3. The zero-order chi connectivity index (χ0) is 33.9. The number of alkyl halides is 3. The van der Waals surface area contributed by atoms with Crippen LogP contribution < -0.4 is 20.7 Å². The first kappa shape index (κ1) is 31.3. The van der Waals surface area contributed by atoms with E-state index in [1.54, 1.807) is 0 Å². The first-order chi connectivity index (χ1) is 23.5. The second kappa shape index (κ2) is 10.9. The van der Waals surface area contributed by atoms with Gasteiger partial charge in [0.2, 0.25) is 0 Å². The van der Waals surface area contributed by atoms with Crippen LogP contribution in [0, 0.1) is 17.6 Å². The number of anilines is 2. The van der Waals surface area contributed by atoms with Crippen LogP contribution in [0.2, 0.25) is 0 Å². The lowest BCUT2D eigenvalue weighted by Crippen LogP contribution is -2.61. The number of benzene rings is 2. The van der Waals surface area contributed by atoms with Gasteiger partial charge in [0.05, 0.1) is 27.6 Å². The van der Waals surface area contributed by atoms with Crippen LogP contribution >= 0.6 is 11.3 Å². The number of nitrogens with zero attached hydrogens (tertiary/aromatic N) is 5. The maximum absolute atomic E-state index is 17.1. The Kier molecular flexibility index (Phi) is 6.97. The summed E-state index contributed by atoms with van der Waals surface area (Å²) < 4.78 is 96.4. The highest BCUT2D eigenvalue weighted by Gasteiger charge is 2.53. The zero-order valence-electron chi connectivity index (χ0n) is 26.3. The molecule has 0 unspecified atom stereocenters. The van der Waals surface area contributed by atoms with E-state index < -0.39 is 34.5 Å². The molecule has 4 saturated heterocycles. The molecule has 3 atom stereocenters. The molecule has 1 saturated carbocycles. The molecule has 8 nitrogen and oxygen atoms in total. The number of thiazole rings is 1. The highest BCUT2D eigenvalue weighted by Crippen LogP contribution is 2.50. The van der Waals surface area contributed by atoms with Gasteiger partial charge in [-0.2, -0.15) is 23.1 Å². The van der Waals surface area contributed by atoms with Crippen molar-refractivity contribution in [1.29, 1.82) is 0 Å². The fourth-order valence-corrected chi connectivity index (χ4v) is 9.76. The number of hydrogen-bond acceptors (Lipinski definition) is 9. The van der Waals surface area contributed by atoms with E-state index in [0.717, 1.165) is 74.6 Å². The highest BCUT2D eigenvalue weighted by atomic mass is 32.1. The number of nitrogens with one attached hydrogen (secondary N) is 1. The molecule has 0 radical (unpaired) electrons. The van der Waals surface area contributed by atoms with Gasteiger partial charge in [-0.1, -0.05) is 11.3 Å². The SMILES string of the molecule is Nc1nc2c(-c3c(C(F)(F)F)cc4c(N5C[C@@H]6CC[C@](C7CC7)(C5)N6)nc(OC[C@@]56CCCN5C/C(=C\F)C6)nc4c3F)ccc(F)c2s1. The molecule has 6 heterocycles. The van der Waals surface area contributed by atoms with Crippen LogP contribution in [-0.4, -0.2) is 69.8 Å². The number of nitrogens with two attached hydrogens (primary N) is 1. The Morgan fingerprint density at radius 3 is 2.71 bits per heavy atom. The Morgan fingerprint density at radius 2 is 1.94 bits per heavy atom. The van der Waals surface area contributed by atoms with Crippen molar-refractivity contribution in [1.82, 2.24) is 25.2 Å². The van der Waals surface area contributed by atoms with Crippen molar-refractivity contribution >= 4 is 43.4 Å². The number of nitrogen functional groups attached to an aromatic ring is 1. The molecular formula is C34H33F6N7OS. The number of halogens is 6. The summed E-state index contributed by atoms with van der Waals surface area (Å²) in [5.41, 5.74) is 3.02. The van der Waals surface area contributed by atoms with Gasteiger partial charge in [0.25, 0.3) is 0 Å². The predicted molar refractivity (Wildman–Crippen MR) is 174 cm³/mol. The maximum Gasteiger partial charge on any atom is 0.417 e. The van der Waals surface area contributed by atoms with Crippen LogP contribution in [0.3, 0.4) is 0 Å². The number of ether oxygens (including phenoxy) is 1. The van der Waals surface area contributed by atoms with Crippen LogP contribution in [0.4, 0.5) is 37.3 Å². The second-order valence-electron chi connectivity index (χ2n) is 14.3. The van der Waals surface area contributed by atoms with E-state index in [2.05, 4.69) is 20.2 Å². The lowest BCUT2D eigenvalue weighted by atomic mass is 9.90. The Morgan fingerprint density at radius 1 is 1.10 bits per heavy atom. The molecule has 5 aliphatic rings. The van der Waals surface area contributed by atoms with Gasteiger partial charge in [0, 0.05) is 47.7 Å². The minimum atomic E-state index is -4.99. The molecule has 4 aliphatic heterocycles. The van der Waals surface area contributed by atoms with Gasteiger partial charge in [-0.05, 0) is 81.2 Å². The van der Waals surface area contributed by atoms with E-state index in [0.29, 0.717) is 43.9 Å². The first-order valence-electron chi connectivity index (χ1n) is 16.6. The van der Waals surface area contributed by atoms with Crippen molar-refractivity contribution in [2.45, 2.75) is 68.2 Å². The smallest absolute Gasteiger partial charge is 0.417 e. The number of piperazine rings is 1. The summed E-state index contributed by atoms with van der Waals surface area (Å²) >= 11 is 0.773. The predicted octanol–water partition coefficient (Wildman–Crippen LogP) is 6.98. The van der Waals surface area contributed by atoms with Crippen LogP contribution in [0.25, 0.3) is 32.2 Å². The molecule has 5 fully saturated rings. The normalized spacial score (nSPS) is 28.0. The molecule has 2 aromatic carbocycles. The van der Waals surface area contributed by atoms with Crippen molar-refractivity contribution in [3.8, 4) is 17.1 Å². The molecule has 2 aromatic heterocycles. The van der Waals surface area contributed by atoms with Crippen molar-refractivity contribution in [3.05, 3.63) is 47.3 Å². The minimum absolute atomic E-state index is 0.0626. The molecule has 9 rings (SSSR count). The van der Waals surface area contributed by atoms with Crippen LogP contribution in [-0.2, 0) is 6.18 Å². The molecule has 2 bridgehead atoms. The summed E-state index contributed by atoms with van der Waals surface area (Å²) in [6.07, 6.45) is 1.79. The van der Waals surface area contributed by atoms with Crippen LogP contribution in [0.1, 0.15) is 50.5 Å². The first-order valence-corrected chi connectivity index (χ1v) is 17.4. The second-order valence-corrected chi connectivity index (χ2v) is 15.4. The largest absolute Gasteiger partial charge is 0.461 e. The van der Waals surface area contributed by atoms with Crippen LogP contribution in [0.15, 0.2) is 30.1 Å². The standard InChI is InChI=1S/C34H33F6N7OS/c35-12-17-11-32(7-1-9-47(32)13-17)16-48-31-43-26-21(29(44-31)46-14-19-6-8-33(15-46,45-19)18-2-3-18)10-22(34(38,39)40)24(25(26)37)20-4-5-23(36)28-27(20)42-30(41)49-28/h4-5,10,12,18-19,45H,1-3,6-9,11,13-16H2,(H2,41,42)/b17-12-/t19-,32-,33+/m0/s1. The highest BCUT2D eigenvalue weighted by molar-refractivity contribution is 7.22. The fourth-order valence-electron chi connectivity index (χ4n) is 8.99. The Hall–Kier alpha value is -3.69. The molecule has 0 spiro atoms. The van der Waals surface area contributed by atoms with E-state index in [9.17, 15) is 22.0 Å². The van der Waals surface area contributed by atoms with Gasteiger partial charge in [0.15, 0.2) is 10.9 Å². The summed E-state index contributed by atoms with van der Waals surface area (Å²) in [6, 6.07) is 2.92. The van der Waals surface area contributed by atoms with Gasteiger partial charge in [-0.25, -0.2) is 18.2 Å². The molecule has 1 aliphatic carbocycles. The van der Waals surface area contributed by atoms with Gasteiger partial charge in [-0.3, -0.25) is 4.90 Å². The van der Waals surface area contributed by atoms with E-state index in [-0.39, 0.29) is 61.8 Å². The van der Waals surface area contributed by atoms with Crippen molar-refractivity contribution in [3.63, 3.8) is 0 Å². The van der Waals surface area contributed by atoms with Crippen molar-refractivity contribution < 1.29 is 31.1 Å². The van der Waals surface area contributed by atoms with Gasteiger partial charge < -0.3 is 20.7 Å². The molecular weight excluding hydrogens is 668 g/mol. The van der Waals surface area contributed by atoms with Gasteiger partial charge in [-0.15, -0.1) is 0 Å². The molecule has 258 valence electrons. The summed E-state index contributed by atoms with van der Waals surface area (Å²) in [5, 5.41) is 3.61. The number of fused-ring (bicyclic) bond motifs is 5. The zero-order valence-corrected chi connectivity index (χ0v) is 27.2. The van der Waals surface area contributed by atoms with Crippen molar-refractivity contribution in [2.24, 2.45) is 5.92 Å². The Bertz CT molecular complexity index is 2050. The Balaban J connectivity index is 1.23. The quantitative estimate of drug-likeness (QED) is 0.208. The fraction of sp³-hybridized carbons (Fsp3) is 0.500. The summed E-state index contributed by atoms with van der Waals surface area (Å²) in [7, 11) is 0. The number of hydrogen-bond donors (Lipinski definition) is 2. The summed E-state index contributed by atoms with van der Waals surface area (Å²) in [5.74, 6) is -1.33. The van der Waals surface area contributed by atoms with E-state index in [1.807, 2.05) is 4.90 Å². The third-order valence-corrected chi connectivity index (χ3v) is 12.2. The van der Waals surface area contributed by atoms with E-state index >= 15 is 4.39 Å². The summed E-state index contributed by atoms with van der Waals surface area (Å²) in [4.78, 5) is 17.4. The number of rotatable bonds is 6. The molecule has 0 amide bonds. The lowest BCUT2D eigenvalue weighted by Gasteiger charge is -2.42. The molecule has 3 N–H and O–H groups in total. The topological polar surface area (TPSA) is 92.4 Å². The third kappa shape index (κ3) is 4.97. The number of aromatic nitrogens is 3.